The first-order valence-electron chi connectivity index (χ1n) is 6.46. The van der Waals surface area contributed by atoms with Gasteiger partial charge in [-0.25, -0.2) is 8.42 Å². The summed E-state index contributed by atoms with van der Waals surface area (Å²) in [5.74, 6) is -0.117. The van der Waals surface area contributed by atoms with Crippen molar-refractivity contribution in [2.24, 2.45) is 0 Å². The molecule has 3 N–H and O–H groups in total. The Bertz CT molecular complexity index is 617. The van der Waals surface area contributed by atoms with Gasteiger partial charge in [0.2, 0.25) is 15.9 Å². The Morgan fingerprint density at radius 1 is 1.20 bits per heavy atom. The number of aryl methyl sites for hydroxylation is 2. The zero-order chi connectivity index (χ0) is 14.9. The summed E-state index contributed by atoms with van der Waals surface area (Å²) in [6, 6.07) is 3.31. The monoisotopic (exact) mass is 297 g/mol. The summed E-state index contributed by atoms with van der Waals surface area (Å²) in [6.45, 7) is 4.30. The molecule has 6 nitrogen and oxygen atoms in total. The highest BCUT2D eigenvalue weighted by molar-refractivity contribution is 7.89. The molecule has 0 saturated carbocycles. The molecule has 7 heteroatoms. The quantitative estimate of drug-likeness (QED) is 0.773. The average Bonchev–Trinajstić information content (AvgIpc) is 2.52. The van der Waals surface area contributed by atoms with Crippen LogP contribution >= 0.6 is 0 Å². The molecule has 20 heavy (non-hydrogen) atoms. The Kier molecular flexibility index (Phi) is 4.01. The molecule has 1 amide bonds. The van der Waals surface area contributed by atoms with Crippen molar-refractivity contribution in [3.8, 4) is 0 Å². The van der Waals surface area contributed by atoms with Gasteiger partial charge < -0.3 is 11.1 Å². The molecule has 1 aliphatic heterocycles. The summed E-state index contributed by atoms with van der Waals surface area (Å²) in [4.78, 5) is 11.6. The number of amides is 1. The smallest absolute Gasteiger partial charge is 0.243 e. The van der Waals surface area contributed by atoms with Crippen LogP contribution in [0.15, 0.2) is 17.0 Å². The van der Waals surface area contributed by atoms with Crippen LogP contribution in [0.2, 0.25) is 0 Å². The van der Waals surface area contributed by atoms with Crippen LogP contribution in [0.1, 0.15) is 17.5 Å². The van der Waals surface area contributed by atoms with Crippen molar-refractivity contribution in [3.05, 3.63) is 23.3 Å². The third-order valence-corrected chi connectivity index (χ3v) is 5.56. The predicted molar refractivity (Wildman–Crippen MR) is 76.7 cm³/mol. The number of nitrogens with two attached hydrogens (primary N) is 1. The molecule has 2 rings (SSSR count). The summed E-state index contributed by atoms with van der Waals surface area (Å²) >= 11 is 0. The van der Waals surface area contributed by atoms with Crippen molar-refractivity contribution in [2.75, 3.05) is 25.4 Å². The van der Waals surface area contributed by atoms with E-state index >= 15 is 0 Å². The zero-order valence-corrected chi connectivity index (χ0v) is 12.5. The fourth-order valence-corrected chi connectivity index (χ4v) is 4.36. The molecule has 0 unspecified atom stereocenters. The highest BCUT2D eigenvalue weighted by Gasteiger charge is 2.29. The van der Waals surface area contributed by atoms with Gasteiger partial charge in [0.25, 0.3) is 0 Å². The molecule has 0 aliphatic carbocycles. The molecule has 1 aromatic rings. The van der Waals surface area contributed by atoms with Crippen molar-refractivity contribution in [2.45, 2.75) is 25.2 Å². The largest absolute Gasteiger partial charge is 0.399 e. The third kappa shape index (κ3) is 2.78. The lowest BCUT2D eigenvalue weighted by Gasteiger charge is -2.22. The lowest BCUT2D eigenvalue weighted by atomic mass is 10.1. The zero-order valence-electron chi connectivity index (χ0n) is 11.6. The van der Waals surface area contributed by atoms with E-state index in [9.17, 15) is 13.2 Å². The van der Waals surface area contributed by atoms with E-state index in [-0.39, 0.29) is 25.4 Å². The molecule has 0 atom stereocenters. The minimum atomic E-state index is -3.60. The molecular formula is C13H19N3O3S. The average molecular weight is 297 g/mol. The number of nitrogens with zero attached hydrogens (tertiary/aromatic N) is 1. The number of nitrogens with one attached hydrogen (secondary N) is 1. The molecule has 1 aliphatic rings. The second-order valence-corrected chi connectivity index (χ2v) is 6.86. The number of sulfonamides is 1. The van der Waals surface area contributed by atoms with Crippen LogP contribution in [0, 0.1) is 13.8 Å². The number of carbonyl (C=O) groups is 1. The van der Waals surface area contributed by atoms with E-state index in [4.69, 9.17) is 5.73 Å². The minimum Gasteiger partial charge on any atom is -0.399 e. The first-order valence-corrected chi connectivity index (χ1v) is 7.90. The minimum absolute atomic E-state index is 0.117. The number of benzene rings is 1. The topological polar surface area (TPSA) is 92.5 Å². The molecule has 1 fully saturated rings. The van der Waals surface area contributed by atoms with Crippen molar-refractivity contribution >= 4 is 21.6 Å². The van der Waals surface area contributed by atoms with Crippen LogP contribution in [0.25, 0.3) is 0 Å². The molecule has 1 saturated heterocycles. The van der Waals surface area contributed by atoms with Crippen LogP contribution in [-0.4, -0.2) is 38.3 Å². The van der Waals surface area contributed by atoms with Crippen molar-refractivity contribution in [3.63, 3.8) is 0 Å². The van der Waals surface area contributed by atoms with Gasteiger partial charge in [0.1, 0.15) is 0 Å². The van der Waals surface area contributed by atoms with Crippen LogP contribution in [0.4, 0.5) is 5.69 Å². The predicted octanol–water partition coefficient (Wildman–Crippen LogP) is 0.396. The van der Waals surface area contributed by atoms with E-state index in [2.05, 4.69) is 5.32 Å². The Hall–Kier alpha value is -1.60. The molecule has 0 spiro atoms. The number of nitrogen functional groups attached to an aromatic ring is 1. The summed E-state index contributed by atoms with van der Waals surface area (Å²) < 4.78 is 26.8. The number of rotatable bonds is 2. The molecular weight excluding hydrogens is 278 g/mol. The normalized spacial score (nSPS) is 17.6. The van der Waals surface area contributed by atoms with Gasteiger partial charge in [-0.1, -0.05) is 0 Å². The molecule has 110 valence electrons. The van der Waals surface area contributed by atoms with Crippen molar-refractivity contribution in [1.82, 2.24) is 9.62 Å². The number of hydrogen-bond donors (Lipinski definition) is 2. The van der Waals surface area contributed by atoms with Gasteiger partial charge in [-0.2, -0.15) is 4.31 Å². The summed E-state index contributed by atoms with van der Waals surface area (Å²) in [6.07, 6.45) is 0.187. The number of hydrogen-bond acceptors (Lipinski definition) is 4. The molecule has 0 radical (unpaired) electrons. The Balaban J connectivity index is 2.42. The first-order chi connectivity index (χ1) is 9.32. The Morgan fingerprint density at radius 2 is 1.80 bits per heavy atom. The van der Waals surface area contributed by atoms with E-state index in [1.165, 1.54) is 4.31 Å². The summed E-state index contributed by atoms with van der Waals surface area (Å²) in [5, 5.41) is 2.67. The van der Waals surface area contributed by atoms with Crippen molar-refractivity contribution in [1.29, 1.82) is 0 Å². The Labute approximate surface area is 119 Å². The third-order valence-electron chi connectivity index (χ3n) is 3.35. The van der Waals surface area contributed by atoms with Gasteiger partial charge >= 0.3 is 0 Å². The Morgan fingerprint density at radius 3 is 2.40 bits per heavy atom. The van der Waals surface area contributed by atoms with Gasteiger partial charge in [-0.15, -0.1) is 0 Å². The number of anilines is 1. The van der Waals surface area contributed by atoms with Gasteiger partial charge in [0.15, 0.2) is 0 Å². The van der Waals surface area contributed by atoms with Gasteiger partial charge in [0.05, 0.1) is 4.90 Å². The van der Waals surface area contributed by atoms with Crippen LogP contribution < -0.4 is 11.1 Å². The number of carbonyl (C=O) groups excluding carboxylic acids is 1. The maximum atomic E-state index is 12.7. The van der Waals surface area contributed by atoms with Crippen LogP contribution in [-0.2, 0) is 14.8 Å². The van der Waals surface area contributed by atoms with Gasteiger partial charge in [0, 0.05) is 31.7 Å². The van der Waals surface area contributed by atoms with Crippen LogP contribution in [0.3, 0.4) is 0 Å². The summed E-state index contributed by atoms with van der Waals surface area (Å²) in [7, 11) is -3.60. The highest BCUT2D eigenvalue weighted by Crippen LogP contribution is 2.26. The standard InChI is InChI=1S/C13H19N3O3S/c1-9-7-11(14)8-10(2)13(9)20(18,19)16-5-3-12(17)15-4-6-16/h7-8H,3-6,14H2,1-2H3,(H,15,17). The SMILES string of the molecule is Cc1cc(N)cc(C)c1S(=O)(=O)N1CCNC(=O)CC1. The second kappa shape index (κ2) is 5.41. The first kappa shape index (κ1) is 14.8. The van der Waals surface area contributed by atoms with E-state index in [1.807, 2.05) is 0 Å². The van der Waals surface area contributed by atoms with E-state index in [0.717, 1.165) is 0 Å². The highest BCUT2D eigenvalue weighted by atomic mass is 32.2. The van der Waals surface area contributed by atoms with E-state index in [0.29, 0.717) is 28.3 Å². The molecule has 0 bridgehead atoms. The fraction of sp³-hybridized carbons (Fsp3) is 0.462. The summed E-state index contributed by atoms with van der Waals surface area (Å²) in [5.41, 5.74) is 7.54. The maximum absolute atomic E-state index is 12.7. The van der Waals surface area contributed by atoms with Gasteiger partial charge in [-0.05, 0) is 37.1 Å². The van der Waals surface area contributed by atoms with Gasteiger partial charge in [-0.3, -0.25) is 4.79 Å². The van der Waals surface area contributed by atoms with E-state index < -0.39 is 10.0 Å². The maximum Gasteiger partial charge on any atom is 0.243 e. The molecule has 1 heterocycles. The van der Waals surface area contributed by atoms with Crippen LogP contribution in [0.5, 0.6) is 0 Å². The second-order valence-electron chi connectivity index (χ2n) is 4.99. The molecule has 1 aromatic carbocycles. The lowest BCUT2D eigenvalue weighted by Crippen LogP contribution is -2.35. The van der Waals surface area contributed by atoms with Crippen molar-refractivity contribution < 1.29 is 13.2 Å². The molecule has 0 aromatic heterocycles. The fourth-order valence-electron chi connectivity index (χ4n) is 2.51. The lowest BCUT2D eigenvalue weighted by molar-refractivity contribution is -0.120. The van der Waals surface area contributed by atoms with E-state index in [1.54, 1.807) is 26.0 Å².